The van der Waals surface area contributed by atoms with Gasteiger partial charge in [0.1, 0.15) is 19.0 Å². The monoisotopic (exact) mass is 433 g/mol. The van der Waals surface area contributed by atoms with Gasteiger partial charge in [-0.3, -0.25) is 0 Å². The van der Waals surface area contributed by atoms with E-state index in [0.29, 0.717) is 17.2 Å². The van der Waals surface area contributed by atoms with Gasteiger partial charge in [-0.05, 0) is 61.4 Å². The molecule has 0 saturated carbocycles. The molecule has 0 saturated heterocycles. The van der Waals surface area contributed by atoms with Crippen molar-refractivity contribution in [1.82, 2.24) is 4.57 Å². The minimum atomic E-state index is -0.406. The molecule has 4 nitrogen and oxygen atoms in total. The van der Waals surface area contributed by atoms with Crippen molar-refractivity contribution in [3.05, 3.63) is 99.7 Å². The first-order valence-electron chi connectivity index (χ1n) is 10.1. The lowest BCUT2D eigenvalue weighted by molar-refractivity contribution is 0.0472. The predicted molar refractivity (Wildman–Crippen MR) is 124 cm³/mol. The van der Waals surface area contributed by atoms with Crippen LogP contribution in [0.3, 0.4) is 0 Å². The Balaban J connectivity index is 1.61. The summed E-state index contributed by atoms with van der Waals surface area (Å²) in [6.45, 7) is 4.63. The summed E-state index contributed by atoms with van der Waals surface area (Å²) in [6, 6.07) is 21.0. The molecule has 3 aromatic carbocycles. The molecule has 1 heterocycles. The van der Waals surface area contributed by atoms with Crippen LogP contribution in [0.2, 0.25) is 5.02 Å². The van der Waals surface area contributed by atoms with Crippen molar-refractivity contribution >= 4 is 28.5 Å². The van der Waals surface area contributed by atoms with Crippen molar-refractivity contribution in [1.29, 1.82) is 0 Å². The Bertz CT molecular complexity index is 1240. The van der Waals surface area contributed by atoms with Crippen LogP contribution in [0, 0.1) is 13.8 Å². The zero-order valence-corrected chi connectivity index (χ0v) is 18.6. The highest BCUT2D eigenvalue weighted by molar-refractivity contribution is 6.30. The van der Waals surface area contributed by atoms with Crippen LogP contribution in [0.15, 0.2) is 66.7 Å². The molecule has 0 aliphatic rings. The molecule has 0 amide bonds. The number of fused-ring (bicyclic) bond motifs is 1. The fourth-order valence-electron chi connectivity index (χ4n) is 3.87. The molecule has 0 aliphatic heterocycles. The topological polar surface area (TPSA) is 40.5 Å². The number of carbonyl (C=O) groups excluding carboxylic acids is 1. The van der Waals surface area contributed by atoms with E-state index >= 15 is 0 Å². The molecule has 0 fully saturated rings. The fourth-order valence-corrected chi connectivity index (χ4v) is 4.06. The lowest BCUT2D eigenvalue weighted by atomic mass is 10.1. The Hall–Kier alpha value is -3.24. The average molecular weight is 434 g/mol. The summed E-state index contributed by atoms with van der Waals surface area (Å²) >= 11 is 6.01. The number of aryl methyl sites for hydroxylation is 3. The van der Waals surface area contributed by atoms with Crippen molar-refractivity contribution in [3.63, 3.8) is 0 Å². The molecule has 31 heavy (non-hydrogen) atoms. The number of hydrogen-bond donors (Lipinski definition) is 0. The molecule has 0 spiro atoms. The van der Waals surface area contributed by atoms with Gasteiger partial charge >= 0.3 is 5.97 Å². The molecule has 0 atom stereocenters. The molecular formula is C26H24ClNO3. The standard InChI is InChI=1S/C26H24ClNO3/c1-17-11-18(2)13-21(12-17)30-16-25-23(22-9-4-5-10-24(22)28(25)3)15-31-26(29)19-7-6-8-20(27)14-19/h4-14H,15-16H2,1-3H3. The minimum absolute atomic E-state index is 0.151. The van der Waals surface area contributed by atoms with Crippen molar-refractivity contribution < 1.29 is 14.3 Å². The number of esters is 1. The lowest BCUT2D eigenvalue weighted by Gasteiger charge is -2.12. The van der Waals surface area contributed by atoms with Crippen LogP contribution in [-0.2, 0) is 25.0 Å². The third-order valence-corrected chi connectivity index (χ3v) is 5.56. The summed E-state index contributed by atoms with van der Waals surface area (Å²) in [7, 11) is 2.00. The molecule has 4 rings (SSSR count). The number of para-hydroxylation sites is 1. The van der Waals surface area contributed by atoms with E-state index in [9.17, 15) is 4.79 Å². The summed E-state index contributed by atoms with van der Waals surface area (Å²) in [4.78, 5) is 12.6. The van der Waals surface area contributed by atoms with Crippen molar-refractivity contribution in [2.45, 2.75) is 27.1 Å². The highest BCUT2D eigenvalue weighted by Gasteiger charge is 2.18. The van der Waals surface area contributed by atoms with Gasteiger partial charge in [0.2, 0.25) is 0 Å². The summed E-state index contributed by atoms with van der Waals surface area (Å²) in [5.41, 5.74) is 5.72. The van der Waals surface area contributed by atoms with Gasteiger partial charge in [0.15, 0.2) is 0 Å². The SMILES string of the molecule is Cc1cc(C)cc(OCc2c(COC(=O)c3cccc(Cl)c3)c3ccccc3n2C)c1. The second kappa shape index (κ2) is 8.86. The zero-order valence-electron chi connectivity index (χ0n) is 17.8. The highest BCUT2D eigenvalue weighted by atomic mass is 35.5. The maximum atomic E-state index is 12.6. The van der Waals surface area contributed by atoms with Gasteiger partial charge in [0, 0.05) is 28.5 Å². The van der Waals surface area contributed by atoms with Gasteiger partial charge in [0.25, 0.3) is 0 Å². The van der Waals surface area contributed by atoms with Crippen molar-refractivity contribution in [2.75, 3.05) is 0 Å². The molecule has 4 aromatic rings. The van der Waals surface area contributed by atoms with E-state index in [1.807, 2.05) is 37.4 Å². The number of nitrogens with zero attached hydrogens (tertiary/aromatic N) is 1. The normalized spacial score (nSPS) is 11.0. The maximum absolute atomic E-state index is 12.6. The van der Waals surface area contributed by atoms with E-state index in [1.54, 1.807) is 24.3 Å². The Morgan fingerprint density at radius 1 is 0.935 bits per heavy atom. The number of benzene rings is 3. The molecule has 0 unspecified atom stereocenters. The molecule has 0 bridgehead atoms. The van der Waals surface area contributed by atoms with Gasteiger partial charge < -0.3 is 14.0 Å². The Kier molecular flexibility index (Phi) is 6.01. The van der Waals surface area contributed by atoms with Crippen LogP contribution >= 0.6 is 11.6 Å². The zero-order chi connectivity index (χ0) is 22.0. The first-order chi connectivity index (χ1) is 14.9. The Labute approximate surface area is 187 Å². The highest BCUT2D eigenvalue weighted by Crippen LogP contribution is 2.28. The average Bonchev–Trinajstić information content (AvgIpc) is 3.01. The van der Waals surface area contributed by atoms with Crippen LogP contribution in [0.25, 0.3) is 10.9 Å². The van der Waals surface area contributed by atoms with Crippen LogP contribution < -0.4 is 4.74 Å². The van der Waals surface area contributed by atoms with Crippen LogP contribution in [-0.4, -0.2) is 10.5 Å². The Morgan fingerprint density at radius 3 is 2.42 bits per heavy atom. The van der Waals surface area contributed by atoms with Gasteiger partial charge in [-0.1, -0.05) is 41.9 Å². The first kappa shape index (κ1) is 21.0. The number of carbonyl (C=O) groups is 1. The maximum Gasteiger partial charge on any atom is 0.338 e. The summed E-state index contributed by atoms with van der Waals surface area (Å²) < 4.78 is 13.9. The Morgan fingerprint density at radius 2 is 1.68 bits per heavy atom. The summed E-state index contributed by atoms with van der Waals surface area (Å²) in [6.07, 6.45) is 0. The van der Waals surface area contributed by atoms with Gasteiger partial charge in [0.05, 0.1) is 11.3 Å². The van der Waals surface area contributed by atoms with E-state index in [1.165, 1.54) is 0 Å². The molecular weight excluding hydrogens is 410 g/mol. The van der Waals surface area contributed by atoms with E-state index in [4.69, 9.17) is 21.1 Å². The van der Waals surface area contributed by atoms with Crippen LogP contribution in [0.5, 0.6) is 5.75 Å². The number of ether oxygens (including phenoxy) is 2. The largest absolute Gasteiger partial charge is 0.487 e. The smallest absolute Gasteiger partial charge is 0.338 e. The second-order valence-electron chi connectivity index (χ2n) is 7.70. The van der Waals surface area contributed by atoms with Gasteiger partial charge in [-0.2, -0.15) is 0 Å². The predicted octanol–water partition coefficient (Wildman–Crippen LogP) is 6.38. The third-order valence-electron chi connectivity index (χ3n) is 5.32. The van der Waals surface area contributed by atoms with Gasteiger partial charge in [-0.25, -0.2) is 4.79 Å². The summed E-state index contributed by atoms with van der Waals surface area (Å²) in [5, 5.41) is 1.55. The number of aromatic nitrogens is 1. The van der Waals surface area contributed by atoms with Crippen LogP contribution in [0.4, 0.5) is 0 Å². The van der Waals surface area contributed by atoms with E-state index in [0.717, 1.165) is 39.0 Å². The van der Waals surface area contributed by atoms with E-state index < -0.39 is 5.97 Å². The first-order valence-corrected chi connectivity index (χ1v) is 10.5. The third kappa shape index (κ3) is 4.59. The molecule has 0 radical (unpaired) electrons. The van der Waals surface area contributed by atoms with E-state index in [2.05, 4.69) is 30.5 Å². The molecule has 5 heteroatoms. The quantitative estimate of drug-likeness (QED) is 0.331. The van der Waals surface area contributed by atoms with Crippen LogP contribution in [0.1, 0.15) is 32.7 Å². The number of rotatable bonds is 6. The molecule has 0 aliphatic carbocycles. The van der Waals surface area contributed by atoms with E-state index in [-0.39, 0.29) is 6.61 Å². The molecule has 0 N–H and O–H groups in total. The molecule has 158 valence electrons. The number of hydrogen-bond acceptors (Lipinski definition) is 3. The minimum Gasteiger partial charge on any atom is -0.487 e. The number of halogens is 1. The summed E-state index contributed by atoms with van der Waals surface area (Å²) in [5.74, 6) is 0.418. The molecule has 1 aromatic heterocycles. The second-order valence-corrected chi connectivity index (χ2v) is 8.14. The fraction of sp³-hybridized carbons (Fsp3) is 0.192. The lowest BCUT2D eigenvalue weighted by Crippen LogP contribution is -2.09. The van der Waals surface area contributed by atoms with Crippen molar-refractivity contribution in [2.24, 2.45) is 7.05 Å². The van der Waals surface area contributed by atoms with Crippen molar-refractivity contribution in [3.8, 4) is 5.75 Å². The van der Waals surface area contributed by atoms with Gasteiger partial charge in [-0.15, -0.1) is 0 Å².